The number of hydrogen-bond acceptors (Lipinski definition) is 2. The molecule has 12 heavy (non-hydrogen) atoms. The first-order valence-electron chi connectivity index (χ1n) is 4.17. The number of hydrogen-bond donors (Lipinski definition) is 1. The molecule has 3 nitrogen and oxygen atoms in total. The van der Waals surface area contributed by atoms with Gasteiger partial charge in [-0.15, -0.1) is 6.42 Å². The summed E-state index contributed by atoms with van der Waals surface area (Å²) >= 11 is 0. The number of carbonyl (C=O) groups is 1. The van der Waals surface area contributed by atoms with Crippen molar-refractivity contribution in [1.29, 1.82) is 0 Å². The summed E-state index contributed by atoms with van der Waals surface area (Å²) in [6.45, 7) is 1.14. The Balaban J connectivity index is 1.81. The Kier molecular flexibility index (Phi) is 1.78. The number of ether oxygens (including phenoxy) is 1. The molecule has 2 fully saturated rings. The second-order valence-corrected chi connectivity index (χ2v) is 3.24. The molecule has 2 aliphatic rings. The predicted octanol–water partition coefficient (Wildman–Crippen LogP) is -0.229. The second kappa shape index (κ2) is 2.80. The van der Waals surface area contributed by atoms with Crippen molar-refractivity contribution in [3.05, 3.63) is 0 Å². The van der Waals surface area contributed by atoms with Gasteiger partial charge in [0.2, 0.25) is 5.91 Å². The number of carbonyl (C=O) groups excluding carboxylic acids is 1. The van der Waals surface area contributed by atoms with Gasteiger partial charge in [-0.1, -0.05) is 5.92 Å². The topological polar surface area (TPSA) is 38.3 Å². The molecule has 1 saturated carbocycles. The van der Waals surface area contributed by atoms with Crippen LogP contribution in [0.4, 0.5) is 0 Å². The van der Waals surface area contributed by atoms with Gasteiger partial charge in [0.05, 0.1) is 18.6 Å². The fourth-order valence-corrected chi connectivity index (χ4v) is 1.85. The lowest BCUT2D eigenvalue weighted by Gasteiger charge is -2.02. The fraction of sp³-hybridized carbons (Fsp3) is 0.667. The van der Waals surface area contributed by atoms with E-state index < -0.39 is 0 Å². The van der Waals surface area contributed by atoms with E-state index in [1.54, 1.807) is 0 Å². The summed E-state index contributed by atoms with van der Waals surface area (Å²) in [6, 6.07) is 0. The van der Waals surface area contributed by atoms with E-state index in [0.29, 0.717) is 12.5 Å². The molecule has 3 unspecified atom stereocenters. The lowest BCUT2D eigenvalue weighted by Crippen LogP contribution is -2.27. The zero-order chi connectivity index (χ0) is 8.55. The minimum absolute atomic E-state index is 0.0580. The number of rotatable bonds is 2. The fourth-order valence-electron chi connectivity index (χ4n) is 1.85. The third-order valence-electron chi connectivity index (χ3n) is 2.53. The molecule has 0 spiro atoms. The van der Waals surface area contributed by atoms with Crippen LogP contribution in [0.5, 0.6) is 0 Å². The standard InChI is InChI=1S/C9H11NO2/c1-2-4-10-9(11)7-6-3-5-12-8(6)7/h1,6-8H,3-5H2,(H,10,11). The van der Waals surface area contributed by atoms with E-state index in [4.69, 9.17) is 11.2 Å². The molecule has 0 bridgehead atoms. The maximum atomic E-state index is 11.3. The van der Waals surface area contributed by atoms with Crippen molar-refractivity contribution < 1.29 is 9.53 Å². The van der Waals surface area contributed by atoms with E-state index in [1.165, 1.54) is 0 Å². The first-order valence-corrected chi connectivity index (χ1v) is 4.17. The molecule has 1 aliphatic carbocycles. The Bertz CT molecular complexity index is 233. The highest BCUT2D eigenvalue weighted by Crippen LogP contribution is 2.48. The molecule has 1 heterocycles. The number of nitrogens with one attached hydrogen (secondary N) is 1. The molecule has 0 aromatic heterocycles. The quantitative estimate of drug-likeness (QED) is 0.574. The Morgan fingerprint density at radius 2 is 2.58 bits per heavy atom. The third-order valence-corrected chi connectivity index (χ3v) is 2.53. The number of fused-ring (bicyclic) bond motifs is 1. The first-order chi connectivity index (χ1) is 5.84. The SMILES string of the molecule is C#CCNC(=O)C1C2CCOC21. The zero-order valence-corrected chi connectivity index (χ0v) is 6.75. The van der Waals surface area contributed by atoms with Crippen molar-refractivity contribution in [2.75, 3.05) is 13.2 Å². The van der Waals surface area contributed by atoms with Crippen molar-refractivity contribution in [3.8, 4) is 12.3 Å². The van der Waals surface area contributed by atoms with Crippen molar-refractivity contribution in [2.24, 2.45) is 11.8 Å². The number of amides is 1. The molecule has 0 aromatic carbocycles. The van der Waals surface area contributed by atoms with Crippen LogP contribution in [0.15, 0.2) is 0 Å². The van der Waals surface area contributed by atoms with Gasteiger partial charge in [0.15, 0.2) is 0 Å². The molecular weight excluding hydrogens is 154 g/mol. The second-order valence-electron chi connectivity index (χ2n) is 3.24. The summed E-state index contributed by atoms with van der Waals surface area (Å²) in [6.07, 6.45) is 6.24. The van der Waals surface area contributed by atoms with Crippen LogP contribution in [0.3, 0.4) is 0 Å². The Morgan fingerprint density at radius 1 is 1.75 bits per heavy atom. The van der Waals surface area contributed by atoms with E-state index in [-0.39, 0.29) is 17.9 Å². The molecule has 0 radical (unpaired) electrons. The van der Waals surface area contributed by atoms with E-state index >= 15 is 0 Å². The molecule has 1 N–H and O–H groups in total. The Hall–Kier alpha value is -1.01. The Morgan fingerprint density at radius 3 is 3.17 bits per heavy atom. The number of terminal acetylenes is 1. The van der Waals surface area contributed by atoms with Gasteiger partial charge in [-0.3, -0.25) is 4.79 Å². The van der Waals surface area contributed by atoms with Gasteiger partial charge in [-0.2, -0.15) is 0 Å². The van der Waals surface area contributed by atoms with Gasteiger partial charge in [-0.25, -0.2) is 0 Å². The molecule has 2 rings (SSSR count). The average Bonchev–Trinajstić information content (AvgIpc) is 2.56. The van der Waals surface area contributed by atoms with Gasteiger partial charge in [0, 0.05) is 12.5 Å². The van der Waals surface area contributed by atoms with Crippen LogP contribution in [0.2, 0.25) is 0 Å². The van der Waals surface area contributed by atoms with Gasteiger partial charge in [0.1, 0.15) is 0 Å². The summed E-state index contributed by atoms with van der Waals surface area (Å²) in [5.41, 5.74) is 0. The molecular formula is C9H11NO2. The molecule has 1 aliphatic heterocycles. The first kappa shape index (κ1) is 7.63. The van der Waals surface area contributed by atoms with Crippen LogP contribution in [0.1, 0.15) is 6.42 Å². The predicted molar refractivity (Wildman–Crippen MR) is 43.2 cm³/mol. The maximum absolute atomic E-state index is 11.3. The van der Waals surface area contributed by atoms with Gasteiger partial charge in [-0.05, 0) is 6.42 Å². The lowest BCUT2D eigenvalue weighted by molar-refractivity contribution is -0.123. The van der Waals surface area contributed by atoms with Crippen LogP contribution < -0.4 is 5.32 Å². The minimum Gasteiger partial charge on any atom is -0.377 e. The van der Waals surface area contributed by atoms with E-state index in [2.05, 4.69) is 11.2 Å². The highest BCUT2D eigenvalue weighted by Gasteiger charge is 2.58. The van der Waals surface area contributed by atoms with Crippen LogP contribution in [-0.2, 0) is 9.53 Å². The Labute approximate surface area is 71.5 Å². The van der Waals surface area contributed by atoms with Crippen LogP contribution in [-0.4, -0.2) is 25.2 Å². The van der Waals surface area contributed by atoms with Crippen LogP contribution in [0, 0.1) is 24.2 Å². The highest BCUT2D eigenvalue weighted by molar-refractivity contribution is 5.83. The summed E-state index contributed by atoms with van der Waals surface area (Å²) in [4.78, 5) is 11.3. The van der Waals surface area contributed by atoms with Crippen molar-refractivity contribution in [1.82, 2.24) is 5.32 Å². The smallest absolute Gasteiger partial charge is 0.226 e. The molecule has 1 saturated heterocycles. The molecule has 1 amide bonds. The van der Waals surface area contributed by atoms with Gasteiger partial charge < -0.3 is 10.1 Å². The molecule has 64 valence electrons. The third kappa shape index (κ3) is 1.09. The van der Waals surface area contributed by atoms with E-state index in [0.717, 1.165) is 13.0 Å². The summed E-state index contributed by atoms with van der Waals surface area (Å²) in [5, 5.41) is 2.67. The summed E-state index contributed by atoms with van der Waals surface area (Å²) in [5.74, 6) is 3.00. The van der Waals surface area contributed by atoms with Gasteiger partial charge >= 0.3 is 0 Å². The van der Waals surface area contributed by atoms with Crippen molar-refractivity contribution in [2.45, 2.75) is 12.5 Å². The normalized spacial score (nSPS) is 36.8. The molecule has 3 heteroatoms. The summed E-state index contributed by atoms with van der Waals surface area (Å²) in [7, 11) is 0. The molecule has 0 aromatic rings. The van der Waals surface area contributed by atoms with Crippen LogP contribution in [0.25, 0.3) is 0 Å². The van der Waals surface area contributed by atoms with Crippen LogP contribution >= 0.6 is 0 Å². The van der Waals surface area contributed by atoms with E-state index in [1.807, 2.05) is 0 Å². The lowest BCUT2D eigenvalue weighted by atomic mass is 10.2. The summed E-state index contributed by atoms with van der Waals surface area (Å²) < 4.78 is 5.33. The molecule has 3 atom stereocenters. The largest absolute Gasteiger partial charge is 0.377 e. The van der Waals surface area contributed by atoms with E-state index in [9.17, 15) is 4.79 Å². The highest BCUT2D eigenvalue weighted by atomic mass is 16.5. The monoisotopic (exact) mass is 165 g/mol. The maximum Gasteiger partial charge on any atom is 0.226 e. The zero-order valence-electron chi connectivity index (χ0n) is 6.75. The average molecular weight is 165 g/mol. The minimum atomic E-state index is 0.0580. The van der Waals surface area contributed by atoms with Gasteiger partial charge in [0.25, 0.3) is 0 Å². The van der Waals surface area contributed by atoms with Crippen molar-refractivity contribution in [3.63, 3.8) is 0 Å². The van der Waals surface area contributed by atoms with Crippen molar-refractivity contribution >= 4 is 5.91 Å².